The Labute approximate surface area is 135 Å². The summed E-state index contributed by atoms with van der Waals surface area (Å²) in [6.07, 6.45) is 8.02. The molecule has 0 saturated carbocycles. The number of carbonyl (C=O) groups is 1. The number of amides is 1. The fourth-order valence-corrected chi connectivity index (χ4v) is 2.99. The van der Waals surface area contributed by atoms with Crippen molar-refractivity contribution in [2.45, 2.75) is 57.4 Å². The minimum atomic E-state index is -0.373. The van der Waals surface area contributed by atoms with E-state index in [4.69, 9.17) is 11.2 Å². The number of nitrogens with one attached hydrogen (secondary N) is 2. The number of carbonyl (C=O) groups excluding carboxylic acids is 1. The lowest BCUT2D eigenvalue weighted by Crippen LogP contribution is -2.30. The average molecular weight is 315 g/mol. The Morgan fingerprint density at radius 2 is 2.26 bits per heavy atom. The van der Waals surface area contributed by atoms with Crippen LogP contribution in [0, 0.1) is 12.3 Å². The molecule has 7 nitrogen and oxygen atoms in total. The van der Waals surface area contributed by atoms with Gasteiger partial charge in [0.2, 0.25) is 0 Å². The lowest BCUT2D eigenvalue weighted by atomic mass is 9.99. The van der Waals surface area contributed by atoms with E-state index in [1.54, 1.807) is 0 Å². The summed E-state index contributed by atoms with van der Waals surface area (Å²) >= 11 is 0. The Balaban J connectivity index is 1.57. The maximum Gasteiger partial charge on any atom is 0.272 e. The van der Waals surface area contributed by atoms with Gasteiger partial charge in [0.05, 0.1) is 17.9 Å². The highest BCUT2D eigenvalue weighted by Gasteiger charge is 2.38. The molecule has 1 amide bonds. The fourth-order valence-electron chi connectivity index (χ4n) is 2.99. The molecule has 2 N–H and O–H groups in total. The highest BCUT2D eigenvalue weighted by molar-refractivity contribution is 5.94. The summed E-state index contributed by atoms with van der Waals surface area (Å²) in [5, 5.41) is 18.1. The van der Waals surface area contributed by atoms with Crippen LogP contribution in [0.1, 0.15) is 61.0 Å². The first kappa shape index (κ1) is 15.7. The molecule has 0 bridgehead atoms. The van der Waals surface area contributed by atoms with E-state index < -0.39 is 0 Å². The zero-order valence-corrected chi connectivity index (χ0v) is 13.4. The van der Waals surface area contributed by atoms with Gasteiger partial charge in [-0.1, -0.05) is 0 Å². The molecule has 1 aromatic heterocycles. The van der Waals surface area contributed by atoms with E-state index in [0.717, 1.165) is 17.7 Å². The van der Waals surface area contributed by atoms with Gasteiger partial charge in [0, 0.05) is 37.8 Å². The van der Waals surface area contributed by atoms with Crippen molar-refractivity contribution in [3.8, 4) is 12.3 Å². The Bertz CT molecular complexity index is 667. The number of aromatic amines is 1. The predicted molar refractivity (Wildman–Crippen MR) is 83.9 cm³/mol. The van der Waals surface area contributed by atoms with Gasteiger partial charge < -0.3 is 10.1 Å². The van der Waals surface area contributed by atoms with Crippen molar-refractivity contribution in [1.82, 2.24) is 15.5 Å². The summed E-state index contributed by atoms with van der Waals surface area (Å²) in [5.41, 5.74) is 1.94. The van der Waals surface area contributed by atoms with Gasteiger partial charge in [0.15, 0.2) is 11.4 Å². The molecule has 2 atom stereocenters. The van der Waals surface area contributed by atoms with Crippen LogP contribution < -0.4 is 5.32 Å². The summed E-state index contributed by atoms with van der Waals surface area (Å²) < 4.78 is 5.73. The van der Waals surface area contributed by atoms with E-state index in [9.17, 15) is 4.79 Å². The van der Waals surface area contributed by atoms with Crippen molar-refractivity contribution in [2.24, 2.45) is 10.2 Å². The molecule has 1 aromatic rings. The lowest BCUT2D eigenvalue weighted by molar-refractivity contribution is -0.00697. The molecule has 0 spiro atoms. The van der Waals surface area contributed by atoms with Crippen molar-refractivity contribution >= 4 is 5.91 Å². The Hall–Kier alpha value is -2.20. The van der Waals surface area contributed by atoms with Crippen LogP contribution in [0.2, 0.25) is 0 Å². The van der Waals surface area contributed by atoms with E-state index in [2.05, 4.69) is 31.7 Å². The normalized spacial score (nSPS) is 23.9. The predicted octanol–water partition coefficient (Wildman–Crippen LogP) is 2.13. The Kier molecular flexibility index (Phi) is 4.18. The summed E-state index contributed by atoms with van der Waals surface area (Å²) in [5.74, 6) is 2.42. The van der Waals surface area contributed by atoms with E-state index >= 15 is 0 Å². The van der Waals surface area contributed by atoms with E-state index in [1.165, 1.54) is 0 Å². The number of hydrogen-bond donors (Lipinski definition) is 2. The third-order valence-electron chi connectivity index (χ3n) is 4.31. The van der Waals surface area contributed by atoms with Gasteiger partial charge in [-0.15, -0.1) is 12.3 Å². The Morgan fingerprint density at radius 3 is 2.96 bits per heavy atom. The highest BCUT2D eigenvalue weighted by atomic mass is 16.5. The van der Waals surface area contributed by atoms with Gasteiger partial charge in [-0.2, -0.15) is 15.3 Å². The third-order valence-corrected chi connectivity index (χ3v) is 4.31. The van der Waals surface area contributed by atoms with Crippen molar-refractivity contribution in [1.29, 1.82) is 0 Å². The van der Waals surface area contributed by atoms with Gasteiger partial charge in [-0.05, 0) is 13.8 Å². The molecule has 122 valence electrons. The van der Waals surface area contributed by atoms with Crippen LogP contribution in [0.25, 0.3) is 0 Å². The molecular formula is C16H21N5O2. The molecule has 0 aromatic carbocycles. The topological polar surface area (TPSA) is 91.7 Å². The maximum atomic E-state index is 12.4. The molecule has 2 aliphatic heterocycles. The van der Waals surface area contributed by atoms with Gasteiger partial charge in [-0.3, -0.25) is 9.89 Å². The standard InChI is InChI=1S/C16H21N5O2/c1-4-5-6-16(20-21-16)7-8-17-15(22)14-12-9-10(2)23-11(3)13(12)18-19-14/h1,10-11H,5-9H2,2-3H3,(H,17,22)(H,18,19)/t10-,11+/m1/s1. The number of rotatable bonds is 6. The largest absolute Gasteiger partial charge is 0.369 e. The zero-order valence-electron chi connectivity index (χ0n) is 13.4. The molecule has 3 heterocycles. The average Bonchev–Trinajstić information content (AvgIpc) is 3.14. The number of ether oxygens (including phenoxy) is 1. The van der Waals surface area contributed by atoms with Crippen LogP contribution in [0.15, 0.2) is 10.2 Å². The molecule has 23 heavy (non-hydrogen) atoms. The van der Waals surface area contributed by atoms with Crippen LogP contribution in [0.3, 0.4) is 0 Å². The van der Waals surface area contributed by atoms with Gasteiger partial charge in [-0.25, -0.2) is 0 Å². The first-order valence-electron chi connectivity index (χ1n) is 7.93. The first-order chi connectivity index (χ1) is 11.0. The van der Waals surface area contributed by atoms with Crippen LogP contribution in [-0.4, -0.2) is 34.4 Å². The van der Waals surface area contributed by atoms with Crippen LogP contribution >= 0.6 is 0 Å². The molecule has 0 fully saturated rings. The van der Waals surface area contributed by atoms with Crippen LogP contribution in [0.4, 0.5) is 0 Å². The quantitative estimate of drug-likeness (QED) is 0.788. The van der Waals surface area contributed by atoms with Crippen molar-refractivity contribution in [3.63, 3.8) is 0 Å². The molecule has 2 aliphatic rings. The maximum absolute atomic E-state index is 12.4. The molecule has 3 rings (SSSR count). The minimum Gasteiger partial charge on any atom is -0.369 e. The van der Waals surface area contributed by atoms with E-state index in [0.29, 0.717) is 31.5 Å². The van der Waals surface area contributed by atoms with Gasteiger partial charge in [0.25, 0.3) is 5.91 Å². The second kappa shape index (κ2) is 6.13. The summed E-state index contributed by atoms with van der Waals surface area (Å²) in [6.45, 7) is 4.46. The van der Waals surface area contributed by atoms with Gasteiger partial charge in [0.1, 0.15) is 0 Å². The molecular weight excluding hydrogens is 294 g/mol. The first-order valence-corrected chi connectivity index (χ1v) is 7.93. The van der Waals surface area contributed by atoms with Crippen molar-refractivity contribution in [3.05, 3.63) is 17.0 Å². The molecule has 0 saturated heterocycles. The molecule has 7 heteroatoms. The second-order valence-corrected chi connectivity index (χ2v) is 6.15. The second-order valence-electron chi connectivity index (χ2n) is 6.15. The van der Waals surface area contributed by atoms with E-state index in [-0.39, 0.29) is 23.8 Å². The van der Waals surface area contributed by atoms with Crippen LogP contribution in [-0.2, 0) is 11.2 Å². The summed E-state index contributed by atoms with van der Waals surface area (Å²) in [6, 6.07) is 0. The zero-order chi connectivity index (χ0) is 16.4. The highest BCUT2D eigenvalue weighted by Crippen LogP contribution is 2.36. The number of hydrogen-bond acceptors (Lipinski definition) is 5. The number of fused-ring (bicyclic) bond motifs is 1. The minimum absolute atomic E-state index is 0.0705. The van der Waals surface area contributed by atoms with Gasteiger partial charge >= 0.3 is 0 Å². The lowest BCUT2D eigenvalue weighted by Gasteiger charge is -2.25. The van der Waals surface area contributed by atoms with E-state index in [1.807, 2.05) is 13.8 Å². The SMILES string of the molecule is C#CCCC1(CCNC(=O)c2n[nH]c3c2C[C@@H](C)O[C@H]3C)N=N1. The summed E-state index contributed by atoms with van der Waals surface area (Å²) in [4.78, 5) is 12.4. The number of H-pyrrole nitrogens is 1. The van der Waals surface area contributed by atoms with Crippen molar-refractivity contribution in [2.75, 3.05) is 6.54 Å². The molecule has 0 radical (unpaired) electrons. The number of terminal acetylenes is 1. The third kappa shape index (κ3) is 3.27. The molecule has 0 aliphatic carbocycles. The van der Waals surface area contributed by atoms with Crippen LogP contribution in [0.5, 0.6) is 0 Å². The Morgan fingerprint density at radius 1 is 1.48 bits per heavy atom. The number of nitrogens with zero attached hydrogens (tertiary/aromatic N) is 3. The fraction of sp³-hybridized carbons (Fsp3) is 0.625. The summed E-state index contributed by atoms with van der Waals surface area (Å²) in [7, 11) is 0. The number of aromatic nitrogens is 2. The molecule has 0 unspecified atom stereocenters. The monoisotopic (exact) mass is 315 g/mol. The van der Waals surface area contributed by atoms with Crippen molar-refractivity contribution < 1.29 is 9.53 Å². The smallest absolute Gasteiger partial charge is 0.272 e.